The fourth-order valence-electron chi connectivity index (χ4n) is 2.10. The van der Waals surface area contributed by atoms with Crippen molar-refractivity contribution in [2.75, 3.05) is 11.1 Å². The highest BCUT2D eigenvalue weighted by Crippen LogP contribution is 2.22. The zero-order valence-corrected chi connectivity index (χ0v) is 13.9. The van der Waals surface area contributed by atoms with Crippen LogP contribution in [0.3, 0.4) is 0 Å². The number of aromatic nitrogens is 3. The number of nitriles is 1. The van der Waals surface area contributed by atoms with Gasteiger partial charge in [0.15, 0.2) is 5.13 Å². The van der Waals surface area contributed by atoms with Crippen LogP contribution in [0.15, 0.2) is 30.5 Å². The van der Waals surface area contributed by atoms with Crippen molar-refractivity contribution in [3.05, 3.63) is 52.2 Å². The van der Waals surface area contributed by atoms with Crippen molar-refractivity contribution in [1.29, 1.82) is 5.26 Å². The molecular weight excluding hydrogens is 324 g/mol. The summed E-state index contributed by atoms with van der Waals surface area (Å²) in [4.78, 5) is 17.6. The van der Waals surface area contributed by atoms with E-state index < -0.39 is 0 Å². The summed E-state index contributed by atoms with van der Waals surface area (Å²) in [5, 5.41) is 16.3. The first-order valence-corrected chi connectivity index (χ1v) is 7.90. The highest BCUT2D eigenvalue weighted by molar-refractivity contribution is 7.15. The molecule has 1 amide bonds. The fourth-order valence-corrected chi connectivity index (χ4v) is 2.91. The molecule has 0 aliphatic heterocycles. The van der Waals surface area contributed by atoms with Crippen LogP contribution < -0.4 is 11.1 Å². The Hall–Kier alpha value is -3.18. The molecule has 1 aromatic carbocycles. The Labute approximate surface area is 142 Å². The van der Waals surface area contributed by atoms with E-state index in [-0.39, 0.29) is 11.7 Å². The zero-order valence-electron chi connectivity index (χ0n) is 13.1. The standard InChI is InChI=1S/C16H14N6OS/c1-9-10(2)24-16(20-9)21-15(23)11-3-5-13(6-4-11)22-14(18)12(7-17)8-19-22/h3-6,8H,18H2,1-2H3,(H,20,21,23). The molecular formula is C16H14N6OS. The number of nitrogens with one attached hydrogen (secondary N) is 1. The third kappa shape index (κ3) is 2.85. The van der Waals surface area contributed by atoms with Crippen molar-refractivity contribution in [3.8, 4) is 11.8 Å². The van der Waals surface area contributed by atoms with Gasteiger partial charge in [-0.05, 0) is 38.1 Å². The molecule has 0 fully saturated rings. The van der Waals surface area contributed by atoms with Gasteiger partial charge in [-0.2, -0.15) is 10.4 Å². The lowest BCUT2D eigenvalue weighted by atomic mass is 10.2. The molecule has 120 valence electrons. The van der Waals surface area contributed by atoms with Gasteiger partial charge >= 0.3 is 0 Å². The molecule has 3 N–H and O–H groups in total. The summed E-state index contributed by atoms with van der Waals surface area (Å²) in [5.74, 6) is 0.0323. The number of anilines is 2. The van der Waals surface area contributed by atoms with E-state index in [1.807, 2.05) is 19.9 Å². The predicted molar refractivity (Wildman–Crippen MR) is 92.2 cm³/mol. The topological polar surface area (TPSA) is 110 Å². The monoisotopic (exact) mass is 338 g/mol. The molecule has 0 unspecified atom stereocenters. The van der Waals surface area contributed by atoms with Gasteiger partial charge in [-0.3, -0.25) is 10.1 Å². The maximum atomic E-state index is 12.3. The predicted octanol–water partition coefficient (Wildman–Crippen LogP) is 2.65. The lowest BCUT2D eigenvalue weighted by molar-refractivity contribution is 0.102. The first-order valence-electron chi connectivity index (χ1n) is 7.09. The number of hydrogen-bond donors (Lipinski definition) is 2. The number of carbonyl (C=O) groups excluding carboxylic acids is 1. The van der Waals surface area contributed by atoms with Gasteiger partial charge in [-0.1, -0.05) is 0 Å². The SMILES string of the molecule is Cc1nc(NC(=O)c2ccc(-n3ncc(C#N)c3N)cc2)sc1C. The number of benzene rings is 1. The summed E-state index contributed by atoms with van der Waals surface area (Å²) in [7, 11) is 0. The maximum absolute atomic E-state index is 12.3. The van der Waals surface area contributed by atoms with Crippen LogP contribution in [0.4, 0.5) is 10.9 Å². The highest BCUT2D eigenvalue weighted by atomic mass is 32.1. The van der Waals surface area contributed by atoms with Crippen molar-refractivity contribution >= 4 is 28.2 Å². The second kappa shape index (κ2) is 6.14. The Morgan fingerprint density at radius 3 is 2.58 bits per heavy atom. The van der Waals surface area contributed by atoms with E-state index in [9.17, 15) is 4.79 Å². The van der Waals surface area contributed by atoms with Crippen LogP contribution in [-0.2, 0) is 0 Å². The molecule has 0 aliphatic rings. The summed E-state index contributed by atoms with van der Waals surface area (Å²) >= 11 is 1.44. The minimum Gasteiger partial charge on any atom is -0.382 e. The summed E-state index contributed by atoms with van der Waals surface area (Å²) in [6.45, 7) is 3.86. The maximum Gasteiger partial charge on any atom is 0.257 e. The van der Waals surface area contributed by atoms with E-state index >= 15 is 0 Å². The molecule has 3 rings (SSSR count). The van der Waals surface area contributed by atoms with Crippen LogP contribution in [0.5, 0.6) is 0 Å². The average molecular weight is 338 g/mol. The third-order valence-corrected chi connectivity index (χ3v) is 4.54. The van der Waals surface area contributed by atoms with Gasteiger partial charge in [0, 0.05) is 10.4 Å². The van der Waals surface area contributed by atoms with Gasteiger partial charge in [0.25, 0.3) is 5.91 Å². The second-order valence-electron chi connectivity index (χ2n) is 5.13. The first kappa shape index (κ1) is 15.7. The number of nitrogens with zero attached hydrogens (tertiary/aromatic N) is 4. The van der Waals surface area contributed by atoms with E-state index in [1.54, 1.807) is 24.3 Å². The molecule has 7 nitrogen and oxygen atoms in total. The van der Waals surface area contributed by atoms with Gasteiger partial charge in [-0.15, -0.1) is 11.3 Å². The molecule has 24 heavy (non-hydrogen) atoms. The van der Waals surface area contributed by atoms with Gasteiger partial charge in [-0.25, -0.2) is 9.67 Å². The van der Waals surface area contributed by atoms with Crippen LogP contribution in [0, 0.1) is 25.2 Å². The van der Waals surface area contributed by atoms with E-state index in [2.05, 4.69) is 15.4 Å². The van der Waals surface area contributed by atoms with Crippen molar-refractivity contribution in [2.24, 2.45) is 0 Å². The van der Waals surface area contributed by atoms with E-state index in [0.29, 0.717) is 21.9 Å². The molecule has 0 saturated carbocycles. The minimum absolute atomic E-state index is 0.235. The van der Waals surface area contributed by atoms with Gasteiger partial charge in [0.2, 0.25) is 0 Å². The van der Waals surface area contributed by atoms with Crippen molar-refractivity contribution < 1.29 is 4.79 Å². The molecule has 0 atom stereocenters. The molecule has 8 heteroatoms. The molecule has 0 radical (unpaired) electrons. The molecule has 0 saturated heterocycles. The number of amides is 1. The smallest absolute Gasteiger partial charge is 0.257 e. The first-order chi connectivity index (χ1) is 11.5. The fraction of sp³-hybridized carbons (Fsp3) is 0.125. The quantitative estimate of drug-likeness (QED) is 0.763. The molecule has 2 aromatic heterocycles. The number of thiazole rings is 1. The summed E-state index contributed by atoms with van der Waals surface area (Å²) in [6.07, 6.45) is 1.41. The van der Waals surface area contributed by atoms with Crippen LogP contribution in [0.1, 0.15) is 26.5 Å². The number of nitrogens with two attached hydrogens (primary N) is 1. The molecule has 3 aromatic rings. The third-order valence-electron chi connectivity index (χ3n) is 3.55. The molecule has 2 heterocycles. The number of rotatable bonds is 3. The molecule has 0 aliphatic carbocycles. The highest BCUT2D eigenvalue weighted by Gasteiger charge is 2.12. The Bertz CT molecular complexity index is 929. The number of carbonyl (C=O) groups is 1. The molecule has 0 spiro atoms. The van der Waals surface area contributed by atoms with Crippen molar-refractivity contribution in [2.45, 2.75) is 13.8 Å². The van der Waals surface area contributed by atoms with Crippen molar-refractivity contribution in [3.63, 3.8) is 0 Å². The van der Waals surface area contributed by atoms with E-state index in [4.69, 9.17) is 11.0 Å². The van der Waals surface area contributed by atoms with Crippen LogP contribution >= 0.6 is 11.3 Å². The van der Waals surface area contributed by atoms with Crippen LogP contribution in [0.2, 0.25) is 0 Å². The summed E-state index contributed by atoms with van der Waals surface area (Å²) in [5.41, 5.74) is 8.24. The Morgan fingerprint density at radius 1 is 1.33 bits per heavy atom. The summed E-state index contributed by atoms with van der Waals surface area (Å²) in [6, 6.07) is 8.75. The lowest BCUT2D eigenvalue weighted by Gasteiger charge is -2.06. The normalized spacial score (nSPS) is 10.4. The number of hydrogen-bond acceptors (Lipinski definition) is 6. The Morgan fingerprint density at radius 2 is 2.04 bits per heavy atom. The second-order valence-corrected chi connectivity index (χ2v) is 6.33. The zero-order chi connectivity index (χ0) is 17.3. The summed E-state index contributed by atoms with van der Waals surface area (Å²) < 4.78 is 1.45. The van der Waals surface area contributed by atoms with Crippen LogP contribution in [-0.4, -0.2) is 20.7 Å². The van der Waals surface area contributed by atoms with Crippen molar-refractivity contribution in [1.82, 2.24) is 14.8 Å². The van der Waals surface area contributed by atoms with E-state index in [0.717, 1.165) is 10.6 Å². The molecule has 0 bridgehead atoms. The van der Waals surface area contributed by atoms with Gasteiger partial charge < -0.3 is 5.73 Å². The van der Waals surface area contributed by atoms with Gasteiger partial charge in [0.1, 0.15) is 17.5 Å². The lowest BCUT2D eigenvalue weighted by Crippen LogP contribution is -2.12. The van der Waals surface area contributed by atoms with Gasteiger partial charge in [0.05, 0.1) is 17.6 Å². The Kier molecular flexibility index (Phi) is 4.02. The Balaban J connectivity index is 1.80. The average Bonchev–Trinajstić information content (AvgIpc) is 3.09. The largest absolute Gasteiger partial charge is 0.382 e. The number of aryl methyl sites for hydroxylation is 2. The van der Waals surface area contributed by atoms with Crippen LogP contribution in [0.25, 0.3) is 5.69 Å². The minimum atomic E-state index is -0.235. The number of nitrogen functional groups attached to an aromatic ring is 1. The van der Waals surface area contributed by atoms with E-state index in [1.165, 1.54) is 22.2 Å².